The van der Waals surface area contributed by atoms with Crippen LogP contribution in [0.15, 0.2) is 30.3 Å². The average Bonchev–Trinajstić information content (AvgIpc) is 3.14. The molecule has 1 saturated heterocycles. The van der Waals surface area contributed by atoms with Crippen LogP contribution in [0.25, 0.3) is 0 Å². The topological polar surface area (TPSA) is 21.3 Å². The van der Waals surface area contributed by atoms with Gasteiger partial charge in [-0.15, -0.1) is 0 Å². The van der Waals surface area contributed by atoms with Crippen molar-refractivity contribution in [3.05, 3.63) is 35.9 Å². The molecule has 2 atom stereocenters. The summed E-state index contributed by atoms with van der Waals surface area (Å²) in [5.41, 5.74) is 1.72. The molecule has 3 rings (SSSR count). The van der Waals surface area contributed by atoms with Crippen molar-refractivity contribution in [3.8, 4) is 0 Å². The zero-order valence-electron chi connectivity index (χ0n) is 13.3. The minimum Gasteiger partial charge on any atom is -0.370 e. The number of benzene rings is 1. The van der Waals surface area contributed by atoms with Gasteiger partial charge in [0.2, 0.25) is 0 Å². The summed E-state index contributed by atoms with van der Waals surface area (Å²) in [6.45, 7) is 3.32. The highest BCUT2D eigenvalue weighted by atomic mass is 16.5. The van der Waals surface area contributed by atoms with Gasteiger partial charge in [-0.2, -0.15) is 0 Å². The first-order chi connectivity index (χ1) is 10.3. The number of ether oxygens (including phenoxy) is 1. The van der Waals surface area contributed by atoms with E-state index in [0.29, 0.717) is 12.1 Å². The fraction of sp³-hybridized carbons (Fsp3) is 0.684. The summed E-state index contributed by atoms with van der Waals surface area (Å²) in [5.74, 6) is 0. The molecular formula is C19H29NO. The second-order valence-corrected chi connectivity index (χ2v) is 7.00. The summed E-state index contributed by atoms with van der Waals surface area (Å²) in [6, 6.07) is 11.3. The van der Waals surface area contributed by atoms with Gasteiger partial charge in [0.1, 0.15) is 0 Å². The lowest BCUT2D eigenvalue weighted by Crippen LogP contribution is -2.35. The quantitative estimate of drug-likeness (QED) is 0.851. The smallest absolute Gasteiger partial charge is 0.0708 e. The lowest BCUT2D eigenvalue weighted by molar-refractivity contribution is -0.0358. The molecule has 1 spiro atoms. The lowest BCUT2D eigenvalue weighted by Gasteiger charge is -2.24. The molecule has 1 aliphatic carbocycles. The summed E-state index contributed by atoms with van der Waals surface area (Å²) in [7, 11) is 0. The van der Waals surface area contributed by atoms with Crippen molar-refractivity contribution < 1.29 is 4.74 Å². The van der Waals surface area contributed by atoms with Gasteiger partial charge in [-0.3, -0.25) is 0 Å². The van der Waals surface area contributed by atoms with E-state index >= 15 is 0 Å². The molecule has 1 aromatic carbocycles. The molecule has 0 aromatic heterocycles. The fourth-order valence-electron chi connectivity index (χ4n) is 3.89. The molecule has 21 heavy (non-hydrogen) atoms. The first-order valence-electron chi connectivity index (χ1n) is 8.71. The molecule has 2 nitrogen and oxygen atoms in total. The average molecular weight is 287 g/mol. The zero-order chi connectivity index (χ0) is 14.5. The standard InChI is InChI=1S/C19H29NO/c1-16(9-10-17-7-3-2-4-8-17)20-15-18-11-14-19(21-18)12-5-6-13-19/h2-4,7-8,16,18,20H,5-6,9-15H2,1H3. The van der Waals surface area contributed by atoms with E-state index in [1.165, 1.54) is 50.5 Å². The highest BCUT2D eigenvalue weighted by Gasteiger charge is 2.41. The second kappa shape index (κ2) is 6.93. The third-order valence-electron chi connectivity index (χ3n) is 5.26. The SMILES string of the molecule is CC(CCc1ccccc1)NCC1CCC2(CCCC2)O1. The number of rotatable bonds is 6. The maximum atomic E-state index is 6.36. The summed E-state index contributed by atoms with van der Waals surface area (Å²) in [5, 5.41) is 3.68. The first kappa shape index (κ1) is 15.1. The molecule has 2 fully saturated rings. The van der Waals surface area contributed by atoms with E-state index in [2.05, 4.69) is 42.6 Å². The Bertz CT molecular complexity index is 424. The van der Waals surface area contributed by atoms with Crippen LogP contribution in [-0.4, -0.2) is 24.3 Å². The van der Waals surface area contributed by atoms with Crippen LogP contribution in [0.2, 0.25) is 0 Å². The third kappa shape index (κ3) is 4.08. The first-order valence-corrected chi connectivity index (χ1v) is 8.71. The van der Waals surface area contributed by atoms with Crippen molar-refractivity contribution >= 4 is 0 Å². The molecule has 0 bridgehead atoms. The minimum absolute atomic E-state index is 0.277. The van der Waals surface area contributed by atoms with E-state index in [1.807, 2.05) is 0 Å². The molecule has 0 amide bonds. The van der Waals surface area contributed by atoms with Gasteiger partial charge in [-0.1, -0.05) is 43.2 Å². The Hall–Kier alpha value is -0.860. The molecular weight excluding hydrogens is 258 g/mol. The Labute approximate surface area is 129 Å². The van der Waals surface area contributed by atoms with Gasteiger partial charge in [-0.25, -0.2) is 0 Å². The molecule has 1 aromatic rings. The Morgan fingerprint density at radius 2 is 1.95 bits per heavy atom. The van der Waals surface area contributed by atoms with Crippen molar-refractivity contribution in [1.29, 1.82) is 0 Å². The molecule has 116 valence electrons. The van der Waals surface area contributed by atoms with Gasteiger partial charge in [0, 0.05) is 12.6 Å². The van der Waals surface area contributed by atoms with E-state index in [-0.39, 0.29) is 5.60 Å². The van der Waals surface area contributed by atoms with Crippen LogP contribution in [0, 0.1) is 0 Å². The van der Waals surface area contributed by atoms with E-state index < -0.39 is 0 Å². The van der Waals surface area contributed by atoms with Crippen LogP contribution in [-0.2, 0) is 11.2 Å². The summed E-state index contributed by atoms with van der Waals surface area (Å²) in [4.78, 5) is 0. The molecule has 0 radical (unpaired) electrons. The van der Waals surface area contributed by atoms with Gasteiger partial charge >= 0.3 is 0 Å². The second-order valence-electron chi connectivity index (χ2n) is 7.00. The summed E-state index contributed by atoms with van der Waals surface area (Å²) < 4.78 is 6.36. The van der Waals surface area contributed by atoms with E-state index in [9.17, 15) is 0 Å². The monoisotopic (exact) mass is 287 g/mol. The van der Waals surface area contributed by atoms with Crippen LogP contribution in [0.3, 0.4) is 0 Å². The Morgan fingerprint density at radius 1 is 1.19 bits per heavy atom. The molecule has 2 unspecified atom stereocenters. The van der Waals surface area contributed by atoms with Crippen LogP contribution in [0.1, 0.15) is 57.4 Å². The molecule has 1 saturated carbocycles. The van der Waals surface area contributed by atoms with Crippen molar-refractivity contribution in [3.63, 3.8) is 0 Å². The van der Waals surface area contributed by atoms with E-state index in [4.69, 9.17) is 4.74 Å². The predicted octanol–water partition coefficient (Wildman–Crippen LogP) is 4.09. The largest absolute Gasteiger partial charge is 0.370 e. The molecule has 1 heterocycles. The van der Waals surface area contributed by atoms with Gasteiger partial charge in [0.25, 0.3) is 0 Å². The maximum absolute atomic E-state index is 6.36. The Kier molecular flexibility index (Phi) is 4.97. The Balaban J connectivity index is 1.35. The minimum atomic E-state index is 0.277. The molecule has 2 aliphatic rings. The number of nitrogens with one attached hydrogen (secondary N) is 1. The molecule has 2 heteroatoms. The molecule has 1 aliphatic heterocycles. The fourth-order valence-corrected chi connectivity index (χ4v) is 3.89. The van der Waals surface area contributed by atoms with Crippen LogP contribution >= 0.6 is 0 Å². The van der Waals surface area contributed by atoms with E-state index in [1.54, 1.807) is 0 Å². The highest BCUT2D eigenvalue weighted by Crippen LogP contribution is 2.43. The van der Waals surface area contributed by atoms with E-state index in [0.717, 1.165) is 13.0 Å². The third-order valence-corrected chi connectivity index (χ3v) is 5.26. The number of aryl methyl sites for hydroxylation is 1. The van der Waals surface area contributed by atoms with Gasteiger partial charge in [0.15, 0.2) is 0 Å². The van der Waals surface area contributed by atoms with Crippen molar-refractivity contribution in [1.82, 2.24) is 5.32 Å². The van der Waals surface area contributed by atoms with Crippen LogP contribution < -0.4 is 5.32 Å². The van der Waals surface area contributed by atoms with Crippen molar-refractivity contribution in [2.45, 2.75) is 76.0 Å². The van der Waals surface area contributed by atoms with Crippen LogP contribution in [0.5, 0.6) is 0 Å². The lowest BCUT2D eigenvalue weighted by atomic mass is 9.98. The Morgan fingerprint density at radius 3 is 2.71 bits per heavy atom. The van der Waals surface area contributed by atoms with Crippen molar-refractivity contribution in [2.75, 3.05) is 6.54 Å². The zero-order valence-corrected chi connectivity index (χ0v) is 13.3. The normalized spacial score (nSPS) is 25.5. The molecule has 1 N–H and O–H groups in total. The maximum Gasteiger partial charge on any atom is 0.0708 e. The highest BCUT2D eigenvalue weighted by molar-refractivity contribution is 5.14. The van der Waals surface area contributed by atoms with Crippen LogP contribution in [0.4, 0.5) is 0 Å². The van der Waals surface area contributed by atoms with Gasteiger partial charge < -0.3 is 10.1 Å². The number of hydrogen-bond acceptors (Lipinski definition) is 2. The predicted molar refractivity (Wildman–Crippen MR) is 87.5 cm³/mol. The summed E-state index contributed by atoms with van der Waals surface area (Å²) in [6.07, 6.45) is 10.7. The van der Waals surface area contributed by atoms with Gasteiger partial charge in [0.05, 0.1) is 11.7 Å². The van der Waals surface area contributed by atoms with Gasteiger partial charge in [-0.05, 0) is 51.0 Å². The number of hydrogen-bond donors (Lipinski definition) is 1. The van der Waals surface area contributed by atoms with Crippen molar-refractivity contribution in [2.24, 2.45) is 0 Å². The summed E-state index contributed by atoms with van der Waals surface area (Å²) >= 11 is 0.